The molecule has 60 valence electrons. The molecule has 2 fully saturated rings. The minimum Gasteiger partial charge on any atom is -0.229 e. The fraction of sp³-hybridized carbons (Fsp3) is 0.889. The van der Waals surface area contributed by atoms with Gasteiger partial charge in [-0.2, -0.15) is 0 Å². The Morgan fingerprint density at radius 3 is 2.73 bits per heavy atom. The highest BCUT2D eigenvalue weighted by Crippen LogP contribution is 2.49. The lowest BCUT2D eigenvalue weighted by Gasteiger charge is -2.22. The van der Waals surface area contributed by atoms with Gasteiger partial charge in [-0.25, -0.2) is 4.99 Å². The Labute approximate surface area is 72.9 Å². The van der Waals surface area contributed by atoms with Crippen LogP contribution in [0.25, 0.3) is 0 Å². The van der Waals surface area contributed by atoms with Crippen LogP contribution < -0.4 is 0 Å². The maximum atomic E-state index is 4.63. The molecule has 0 spiro atoms. The van der Waals surface area contributed by atoms with Gasteiger partial charge in [0.15, 0.2) is 0 Å². The van der Waals surface area contributed by atoms with Gasteiger partial charge < -0.3 is 0 Å². The van der Waals surface area contributed by atoms with Crippen LogP contribution in [0, 0.1) is 17.8 Å². The fourth-order valence-electron chi connectivity index (χ4n) is 2.88. The van der Waals surface area contributed by atoms with Crippen molar-refractivity contribution in [2.24, 2.45) is 22.7 Å². The number of fused-ring (bicyclic) bond motifs is 2. The number of rotatable bonds is 1. The van der Waals surface area contributed by atoms with E-state index in [1.807, 2.05) is 0 Å². The standard InChI is InChI=1S/C9H13NS/c1-6-2-7-3-8(6)9(4-7)10-5-11/h6-9H,2-4H2,1H3. The zero-order valence-corrected chi connectivity index (χ0v) is 7.60. The summed E-state index contributed by atoms with van der Waals surface area (Å²) in [6.07, 6.45) is 4.10. The highest BCUT2D eigenvalue weighted by atomic mass is 32.1. The quantitative estimate of drug-likeness (QED) is 0.432. The number of hydrogen-bond donors (Lipinski definition) is 0. The van der Waals surface area contributed by atoms with Gasteiger partial charge in [0, 0.05) is 0 Å². The molecule has 4 atom stereocenters. The van der Waals surface area contributed by atoms with Crippen LogP contribution in [0.1, 0.15) is 26.2 Å². The summed E-state index contributed by atoms with van der Waals surface area (Å²) in [6, 6.07) is 0.529. The molecule has 2 heteroatoms. The summed E-state index contributed by atoms with van der Waals surface area (Å²) < 4.78 is 0. The first-order valence-corrected chi connectivity index (χ1v) is 4.79. The van der Waals surface area contributed by atoms with Crippen molar-refractivity contribution in [3.8, 4) is 0 Å². The average Bonchev–Trinajstić information content (AvgIpc) is 2.46. The van der Waals surface area contributed by atoms with Gasteiger partial charge in [0.1, 0.15) is 0 Å². The smallest absolute Gasteiger partial charge is 0.0636 e. The lowest BCUT2D eigenvalue weighted by molar-refractivity contribution is 0.320. The van der Waals surface area contributed by atoms with Crippen LogP contribution in [-0.4, -0.2) is 11.2 Å². The molecule has 2 aliphatic carbocycles. The van der Waals surface area contributed by atoms with Crippen molar-refractivity contribution < 1.29 is 0 Å². The molecule has 0 amide bonds. The highest BCUT2D eigenvalue weighted by Gasteiger charge is 2.43. The van der Waals surface area contributed by atoms with E-state index in [-0.39, 0.29) is 0 Å². The van der Waals surface area contributed by atoms with Crippen LogP contribution in [0.3, 0.4) is 0 Å². The molecular formula is C9H13NS. The van der Waals surface area contributed by atoms with Gasteiger partial charge in [-0.1, -0.05) is 6.92 Å². The molecule has 1 nitrogen and oxygen atoms in total. The van der Waals surface area contributed by atoms with Gasteiger partial charge >= 0.3 is 0 Å². The lowest BCUT2D eigenvalue weighted by Crippen LogP contribution is -2.20. The van der Waals surface area contributed by atoms with Crippen molar-refractivity contribution in [3.63, 3.8) is 0 Å². The van der Waals surface area contributed by atoms with E-state index in [9.17, 15) is 0 Å². The van der Waals surface area contributed by atoms with E-state index in [1.165, 1.54) is 19.3 Å². The molecule has 0 heterocycles. The predicted molar refractivity (Wildman–Crippen MR) is 48.8 cm³/mol. The monoisotopic (exact) mass is 167 g/mol. The van der Waals surface area contributed by atoms with Crippen LogP contribution >= 0.6 is 12.2 Å². The number of nitrogens with zero attached hydrogens (tertiary/aromatic N) is 1. The van der Waals surface area contributed by atoms with Crippen molar-refractivity contribution >= 4 is 17.4 Å². The zero-order valence-electron chi connectivity index (χ0n) is 6.79. The Morgan fingerprint density at radius 2 is 2.18 bits per heavy atom. The first-order chi connectivity index (χ1) is 5.31. The molecule has 0 aromatic rings. The second-order valence-corrected chi connectivity index (χ2v) is 4.18. The number of hydrogen-bond acceptors (Lipinski definition) is 2. The van der Waals surface area contributed by atoms with Gasteiger partial charge in [-0.15, -0.1) is 0 Å². The van der Waals surface area contributed by atoms with Crippen molar-refractivity contribution in [2.75, 3.05) is 0 Å². The minimum atomic E-state index is 0.529. The van der Waals surface area contributed by atoms with Gasteiger partial charge in [0.05, 0.1) is 11.2 Å². The van der Waals surface area contributed by atoms with E-state index in [0.29, 0.717) is 6.04 Å². The van der Waals surface area contributed by atoms with E-state index in [0.717, 1.165) is 17.8 Å². The molecule has 0 saturated heterocycles. The molecule has 11 heavy (non-hydrogen) atoms. The molecule has 2 rings (SSSR count). The normalized spacial score (nSPS) is 47.4. The Balaban J connectivity index is 2.12. The number of aliphatic imine (C=N–C) groups is 1. The summed E-state index contributed by atoms with van der Waals surface area (Å²) in [7, 11) is 0. The van der Waals surface area contributed by atoms with Crippen LogP contribution in [0.5, 0.6) is 0 Å². The summed E-state index contributed by atoms with van der Waals surface area (Å²) in [5.74, 6) is 2.66. The van der Waals surface area contributed by atoms with E-state index in [2.05, 4.69) is 29.3 Å². The topological polar surface area (TPSA) is 12.4 Å². The zero-order chi connectivity index (χ0) is 7.84. The Morgan fingerprint density at radius 1 is 1.36 bits per heavy atom. The maximum absolute atomic E-state index is 4.63. The summed E-state index contributed by atoms with van der Waals surface area (Å²) in [4.78, 5) is 4.22. The molecule has 2 saturated carbocycles. The van der Waals surface area contributed by atoms with Gasteiger partial charge in [-0.3, -0.25) is 0 Å². The first-order valence-electron chi connectivity index (χ1n) is 4.38. The average molecular weight is 167 g/mol. The molecule has 2 bridgehead atoms. The molecule has 0 N–H and O–H groups in total. The molecule has 4 unspecified atom stereocenters. The Bertz CT molecular complexity index is 208. The maximum Gasteiger partial charge on any atom is 0.0636 e. The third-order valence-electron chi connectivity index (χ3n) is 3.33. The van der Waals surface area contributed by atoms with Crippen LogP contribution in [0.4, 0.5) is 0 Å². The summed E-state index contributed by atoms with van der Waals surface area (Å²) in [5.41, 5.74) is 0. The molecular weight excluding hydrogens is 154 g/mol. The van der Waals surface area contributed by atoms with Crippen LogP contribution in [0.15, 0.2) is 4.99 Å². The van der Waals surface area contributed by atoms with E-state index < -0.39 is 0 Å². The van der Waals surface area contributed by atoms with Crippen molar-refractivity contribution in [3.05, 3.63) is 0 Å². The Kier molecular flexibility index (Phi) is 1.82. The highest BCUT2D eigenvalue weighted by molar-refractivity contribution is 7.78. The van der Waals surface area contributed by atoms with Crippen LogP contribution in [0.2, 0.25) is 0 Å². The van der Waals surface area contributed by atoms with Crippen LogP contribution in [-0.2, 0) is 0 Å². The third-order valence-corrected chi connectivity index (χ3v) is 3.43. The number of isothiocyanates is 1. The first kappa shape index (κ1) is 7.45. The molecule has 0 radical (unpaired) electrons. The largest absolute Gasteiger partial charge is 0.229 e. The van der Waals surface area contributed by atoms with Crippen molar-refractivity contribution in [2.45, 2.75) is 32.2 Å². The van der Waals surface area contributed by atoms with Gasteiger partial charge in [0.2, 0.25) is 0 Å². The molecule has 0 aromatic carbocycles. The fourth-order valence-corrected chi connectivity index (χ4v) is 3.01. The molecule has 2 aliphatic rings. The summed E-state index contributed by atoms with van der Waals surface area (Å²) in [5, 5.41) is 2.52. The van der Waals surface area contributed by atoms with E-state index in [4.69, 9.17) is 0 Å². The summed E-state index contributed by atoms with van der Waals surface area (Å²) in [6.45, 7) is 2.34. The predicted octanol–water partition coefficient (Wildman–Crippen LogP) is 2.52. The van der Waals surface area contributed by atoms with Gasteiger partial charge in [-0.05, 0) is 49.2 Å². The van der Waals surface area contributed by atoms with E-state index >= 15 is 0 Å². The SMILES string of the molecule is CC1CC2CC(N=C=S)C1C2. The second kappa shape index (κ2) is 2.69. The minimum absolute atomic E-state index is 0.529. The van der Waals surface area contributed by atoms with Gasteiger partial charge in [0.25, 0.3) is 0 Å². The van der Waals surface area contributed by atoms with Crippen molar-refractivity contribution in [1.29, 1.82) is 0 Å². The van der Waals surface area contributed by atoms with E-state index in [1.54, 1.807) is 0 Å². The molecule has 0 aliphatic heterocycles. The second-order valence-electron chi connectivity index (χ2n) is 4.00. The Hall–Kier alpha value is -0.200. The molecule has 0 aromatic heterocycles. The number of thiocarbonyl (C=S) groups is 1. The lowest BCUT2D eigenvalue weighted by atomic mass is 9.87. The third kappa shape index (κ3) is 1.15. The van der Waals surface area contributed by atoms with Crippen molar-refractivity contribution in [1.82, 2.24) is 0 Å². The summed E-state index contributed by atoms with van der Waals surface area (Å²) >= 11 is 4.63.